The Balaban J connectivity index is 0.00000456. The maximum absolute atomic E-state index is 11.6. The molecule has 36 heavy (non-hydrogen) atoms. The fraction of sp³-hybridized carbons (Fsp3) is 0.409. The number of benzene rings is 2. The van der Waals surface area contributed by atoms with Crippen molar-refractivity contribution in [1.29, 1.82) is 0 Å². The fourth-order valence-electron chi connectivity index (χ4n) is 4.33. The van der Waals surface area contributed by atoms with Crippen molar-refractivity contribution in [2.75, 3.05) is 17.2 Å². The number of nitro benzene ring substituents is 1. The minimum Gasteiger partial charge on any atom is -0.748 e. The molecule has 2 aromatic carbocycles. The Hall–Kier alpha value is -2.58. The summed E-state index contributed by atoms with van der Waals surface area (Å²) in [4.78, 5) is 23.1. The van der Waals surface area contributed by atoms with Gasteiger partial charge in [0, 0.05) is 54.1 Å². The summed E-state index contributed by atoms with van der Waals surface area (Å²) in [5, 5.41) is 38.4. The number of anilines is 1. The standard InChI is InChI=1S/C22H26N4O8S.Na/c1-22(2)12-14(13-35(32,33)34)17-10-18(24-23-15-5-7-16(8-6-15)26(30)31)20(27)11-19(17)25(22)9-3-4-21(28)29;/h5-8,10-11,14,27H,3-4,9,12-13H2,1-2H3,(H,28,29)(H,32,33,34);/q;+1/p-1. The van der Waals surface area contributed by atoms with Crippen LogP contribution in [0.3, 0.4) is 0 Å². The second kappa shape index (κ2) is 11.6. The van der Waals surface area contributed by atoms with Gasteiger partial charge in [-0.25, -0.2) is 8.42 Å². The third-order valence-corrected chi connectivity index (χ3v) is 6.65. The van der Waals surface area contributed by atoms with Crippen LogP contribution in [0.4, 0.5) is 22.7 Å². The summed E-state index contributed by atoms with van der Waals surface area (Å²) in [5.74, 6) is -2.51. The number of carbonyl (C=O) groups is 1. The number of hydrogen-bond donors (Lipinski definition) is 2. The van der Waals surface area contributed by atoms with Gasteiger partial charge in [0.15, 0.2) is 0 Å². The molecule has 14 heteroatoms. The molecule has 0 aliphatic carbocycles. The third kappa shape index (κ3) is 7.46. The Bertz CT molecular complexity index is 1270. The van der Waals surface area contributed by atoms with Crippen molar-refractivity contribution in [1.82, 2.24) is 0 Å². The molecule has 0 spiro atoms. The topological polar surface area (TPSA) is 186 Å². The Morgan fingerprint density at radius 2 is 1.86 bits per heavy atom. The van der Waals surface area contributed by atoms with Gasteiger partial charge in [-0.15, -0.1) is 5.11 Å². The fourth-order valence-corrected chi connectivity index (χ4v) is 5.12. The molecule has 0 saturated carbocycles. The van der Waals surface area contributed by atoms with E-state index in [9.17, 15) is 33.0 Å². The van der Waals surface area contributed by atoms with Crippen LogP contribution in [0.25, 0.3) is 0 Å². The molecule has 0 aromatic heterocycles. The number of phenols is 1. The van der Waals surface area contributed by atoms with Crippen molar-refractivity contribution in [3.05, 3.63) is 52.1 Å². The first-order valence-electron chi connectivity index (χ1n) is 10.7. The van der Waals surface area contributed by atoms with Crippen LogP contribution in [0.1, 0.15) is 44.6 Å². The number of carboxylic acid groups (broad SMARTS) is 1. The van der Waals surface area contributed by atoms with Crippen LogP contribution in [0.15, 0.2) is 46.6 Å². The van der Waals surface area contributed by atoms with E-state index >= 15 is 0 Å². The van der Waals surface area contributed by atoms with Crippen molar-refractivity contribution in [3.8, 4) is 5.75 Å². The van der Waals surface area contributed by atoms with E-state index in [0.29, 0.717) is 36.3 Å². The number of carboxylic acids is 1. The molecule has 0 saturated heterocycles. The summed E-state index contributed by atoms with van der Waals surface area (Å²) in [6.07, 6.45) is 0.567. The van der Waals surface area contributed by atoms with Crippen LogP contribution in [-0.4, -0.2) is 51.9 Å². The Labute approximate surface area is 230 Å². The van der Waals surface area contributed by atoms with Gasteiger partial charge in [0.25, 0.3) is 5.69 Å². The zero-order valence-corrected chi connectivity index (χ0v) is 22.9. The SMILES string of the molecule is CC1(C)CC(CS(=O)(=O)[O-])c2cc(N=Nc3ccc([N+](=O)[O-])cc3)c(O)cc2N1CCCC(=O)O.[Na+]. The summed E-state index contributed by atoms with van der Waals surface area (Å²) < 4.78 is 34.8. The van der Waals surface area contributed by atoms with Crippen LogP contribution < -0.4 is 34.5 Å². The van der Waals surface area contributed by atoms with E-state index in [2.05, 4.69) is 10.2 Å². The molecule has 1 atom stereocenters. The van der Waals surface area contributed by atoms with Crippen molar-refractivity contribution in [2.45, 2.75) is 44.6 Å². The molecule has 12 nitrogen and oxygen atoms in total. The third-order valence-electron chi connectivity index (χ3n) is 5.84. The number of aromatic hydroxyl groups is 1. The first-order valence-corrected chi connectivity index (χ1v) is 12.3. The van der Waals surface area contributed by atoms with E-state index in [0.717, 1.165) is 0 Å². The van der Waals surface area contributed by atoms with E-state index in [1.54, 1.807) is 0 Å². The van der Waals surface area contributed by atoms with Crippen molar-refractivity contribution >= 4 is 38.8 Å². The predicted molar refractivity (Wildman–Crippen MR) is 126 cm³/mol. The molecule has 0 amide bonds. The van der Waals surface area contributed by atoms with Crippen LogP contribution in [0, 0.1) is 10.1 Å². The molecule has 0 bridgehead atoms. The minimum atomic E-state index is -4.57. The van der Waals surface area contributed by atoms with Gasteiger partial charge in [-0.3, -0.25) is 14.9 Å². The number of fused-ring (bicyclic) bond motifs is 1. The van der Waals surface area contributed by atoms with Crippen LogP contribution >= 0.6 is 0 Å². The van der Waals surface area contributed by atoms with E-state index in [4.69, 9.17) is 5.11 Å². The molecule has 1 aliphatic heterocycles. The molecule has 1 aliphatic rings. The second-order valence-electron chi connectivity index (χ2n) is 8.96. The number of rotatable bonds is 9. The largest absolute Gasteiger partial charge is 1.00 e. The van der Waals surface area contributed by atoms with E-state index in [-0.39, 0.29) is 53.1 Å². The molecule has 2 N–H and O–H groups in total. The normalized spacial score (nSPS) is 16.9. The Kier molecular flexibility index (Phi) is 9.59. The molecule has 3 rings (SSSR count). The van der Waals surface area contributed by atoms with Crippen molar-refractivity contribution in [2.24, 2.45) is 10.2 Å². The maximum Gasteiger partial charge on any atom is 1.00 e. The number of phenolic OH excluding ortho intramolecular Hbond substituents is 1. The van der Waals surface area contributed by atoms with E-state index in [1.165, 1.54) is 36.4 Å². The molecule has 0 fully saturated rings. The minimum absolute atomic E-state index is 0. The van der Waals surface area contributed by atoms with E-state index < -0.39 is 38.2 Å². The van der Waals surface area contributed by atoms with Crippen molar-refractivity contribution in [3.63, 3.8) is 0 Å². The van der Waals surface area contributed by atoms with Gasteiger partial charge in [-0.1, -0.05) is 0 Å². The van der Waals surface area contributed by atoms with Crippen LogP contribution in [0.5, 0.6) is 5.75 Å². The maximum atomic E-state index is 11.6. The zero-order chi connectivity index (χ0) is 26.0. The number of azo groups is 1. The summed E-state index contributed by atoms with van der Waals surface area (Å²) >= 11 is 0. The molecule has 188 valence electrons. The quantitative estimate of drug-likeness (QED) is 0.159. The molecule has 1 unspecified atom stereocenters. The first kappa shape index (κ1) is 29.6. The van der Waals surface area contributed by atoms with Gasteiger partial charge in [0.1, 0.15) is 11.4 Å². The van der Waals surface area contributed by atoms with Gasteiger partial charge in [-0.2, -0.15) is 5.11 Å². The number of nitro groups is 1. The molecular weight excluding hydrogens is 503 g/mol. The predicted octanol–water partition coefficient (Wildman–Crippen LogP) is 1.20. The molecular formula is C22H25N4NaO8S. The number of aliphatic carboxylic acids is 1. The summed E-state index contributed by atoms with van der Waals surface area (Å²) in [7, 11) is -4.57. The molecule has 1 heterocycles. The first-order chi connectivity index (χ1) is 16.3. The van der Waals surface area contributed by atoms with Gasteiger partial charge in [0.2, 0.25) is 0 Å². The molecule has 2 aromatic rings. The number of hydrogen-bond acceptors (Lipinski definition) is 10. The van der Waals surface area contributed by atoms with E-state index in [1.807, 2.05) is 18.7 Å². The van der Waals surface area contributed by atoms with Crippen LogP contribution in [0.2, 0.25) is 0 Å². The van der Waals surface area contributed by atoms with Crippen LogP contribution in [-0.2, 0) is 14.9 Å². The number of non-ortho nitro benzene ring substituents is 1. The summed E-state index contributed by atoms with van der Waals surface area (Å²) in [6.45, 7) is 4.06. The van der Waals surface area contributed by atoms with Crippen molar-refractivity contribution < 1.29 is 62.5 Å². The summed E-state index contributed by atoms with van der Waals surface area (Å²) in [5.41, 5.74) is 0.563. The second-order valence-corrected chi connectivity index (χ2v) is 10.4. The average Bonchev–Trinajstić information content (AvgIpc) is 2.73. The Morgan fingerprint density at radius 3 is 2.42 bits per heavy atom. The van der Waals surface area contributed by atoms with Gasteiger partial charge in [-0.05, 0) is 50.5 Å². The smallest absolute Gasteiger partial charge is 0.748 e. The average molecular weight is 529 g/mol. The molecule has 0 radical (unpaired) electrons. The Morgan fingerprint density at radius 1 is 1.22 bits per heavy atom. The summed E-state index contributed by atoms with van der Waals surface area (Å²) in [6, 6.07) is 8.16. The zero-order valence-electron chi connectivity index (χ0n) is 20.1. The number of nitrogens with zero attached hydrogens (tertiary/aromatic N) is 4. The van der Waals surface area contributed by atoms with Gasteiger partial charge < -0.3 is 19.7 Å². The monoisotopic (exact) mass is 528 g/mol. The van der Waals surface area contributed by atoms with Gasteiger partial charge in [0.05, 0.1) is 20.7 Å². The van der Waals surface area contributed by atoms with Gasteiger partial charge >= 0.3 is 35.5 Å².